The lowest BCUT2D eigenvalue weighted by atomic mass is 10.1. The molecule has 0 aromatic heterocycles. The van der Waals surface area contributed by atoms with Crippen molar-refractivity contribution in [3.63, 3.8) is 0 Å². The van der Waals surface area contributed by atoms with Gasteiger partial charge in [-0.25, -0.2) is 8.42 Å². The normalized spacial score (nSPS) is 16.1. The van der Waals surface area contributed by atoms with Gasteiger partial charge in [0.2, 0.25) is 5.91 Å². The van der Waals surface area contributed by atoms with E-state index in [0.717, 1.165) is 5.56 Å². The molecule has 1 heterocycles. The number of sulfonamides is 1. The van der Waals surface area contributed by atoms with Crippen LogP contribution in [0.1, 0.15) is 26.3 Å². The predicted octanol–water partition coefficient (Wildman–Crippen LogP) is 3.95. The number of rotatable bonds is 5. The Balaban J connectivity index is 2.11. The molecule has 0 aliphatic carbocycles. The topological polar surface area (TPSA) is 75.7 Å². The maximum atomic E-state index is 13.2. The molecule has 0 saturated heterocycles. The summed E-state index contributed by atoms with van der Waals surface area (Å²) in [5.41, 5.74) is 1.62. The number of halogens is 1. The molecule has 3 rings (SSSR count). The van der Waals surface area contributed by atoms with Crippen LogP contribution in [0.25, 0.3) is 0 Å². The molecule has 0 bridgehead atoms. The van der Waals surface area contributed by atoms with Crippen molar-refractivity contribution in [2.24, 2.45) is 0 Å². The Morgan fingerprint density at radius 2 is 2.04 bits per heavy atom. The number of amides is 1. The van der Waals surface area contributed by atoms with Crippen LogP contribution in [0.5, 0.6) is 5.75 Å². The minimum Gasteiger partial charge on any atom is -0.492 e. The first kappa shape index (κ1) is 19.7. The van der Waals surface area contributed by atoms with Crippen molar-refractivity contribution in [1.29, 1.82) is 0 Å². The van der Waals surface area contributed by atoms with Crippen LogP contribution in [-0.4, -0.2) is 27.0 Å². The van der Waals surface area contributed by atoms with Crippen LogP contribution >= 0.6 is 15.9 Å². The first-order chi connectivity index (χ1) is 12.7. The third kappa shape index (κ3) is 3.82. The molecule has 0 fully saturated rings. The lowest BCUT2D eigenvalue weighted by Gasteiger charge is -2.23. The van der Waals surface area contributed by atoms with E-state index in [-0.39, 0.29) is 16.8 Å². The number of hydrogen-bond donors (Lipinski definition) is 1. The van der Waals surface area contributed by atoms with E-state index in [1.807, 2.05) is 19.9 Å². The Morgan fingerprint density at radius 1 is 1.33 bits per heavy atom. The average Bonchev–Trinajstić information content (AvgIpc) is 2.91. The summed E-state index contributed by atoms with van der Waals surface area (Å²) in [6, 6.07) is 10.1. The second kappa shape index (κ2) is 7.52. The molecule has 0 spiro atoms. The molecule has 2 aromatic rings. The van der Waals surface area contributed by atoms with Crippen molar-refractivity contribution in [2.45, 2.75) is 38.1 Å². The predicted molar refractivity (Wildman–Crippen MR) is 109 cm³/mol. The van der Waals surface area contributed by atoms with E-state index in [1.165, 1.54) is 13.0 Å². The van der Waals surface area contributed by atoms with E-state index in [1.54, 1.807) is 29.2 Å². The van der Waals surface area contributed by atoms with Gasteiger partial charge in [-0.15, -0.1) is 0 Å². The number of carbonyl (C=O) groups is 1. The molecule has 0 radical (unpaired) electrons. The first-order valence-electron chi connectivity index (χ1n) is 8.61. The summed E-state index contributed by atoms with van der Waals surface area (Å²) in [6.07, 6.45) is 0.604. The third-order valence-corrected chi connectivity index (χ3v) is 6.21. The van der Waals surface area contributed by atoms with Crippen molar-refractivity contribution in [2.75, 3.05) is 16.2 Å². The van der Waals surface area contributed by atoms with Crippen LogP contribution in [0.3, 0.4) is 0 Å². The number of anilines is 2. The Labute approximate surface area is 167 Å². The highest BCUT2D eigenvalue weighted by atomic mass is 79.9. The molecule has 0 unspecified atom stereocenters. The summed E-state index contributed by atoms with van der Waals surface area (Å²) in [4.78, 5) is 13.8. The minimum atomic E-state index is -3.95. The number of nitrogens with zero attached hydrogens (tertiary/aromatic N) is 1. The van der Waals surface area contributed by atoms with Gasteiger partial charge in [-0.2, -0.15) is 0 Å². The largest absolute Gasteiger partial charge is 0.492 e. The molecule has 1 aliphatic heterocycles. The number of fused-ring (bicyclic) bond motifs is 1. The molecule has 1 N–H and O–H groups in total. The van der Waals surface area contributed by atoms with Gasteiger partial charge in [0.1, 0.15) is 10.6 Å². The summed E-state index contributed by atoms with van der Waals surface area (Å²) in [7, 11) is -3.95. The standard InChI is InChI=1S/C19H21BrN2O4S/c1-4-26-17-8-6-5-7-16(17)21-27(24,25)18-11-15(20)10-14-9-12(2)22(13(3)23)19(14)18/h5-8,10-12,21H,4,9H2,1-3H3/t12-/m0/s1. The van der Waals surface area contributed by atoms with E-state index in [0.29, 0.717) is 34.6 Å². The van der Waals surface area contributed by atoms with Crippen LogP contribution in [0.15, 0.2) is 45.8 Å². The van der Waals surface area contributed by atoms with Gasteiger partial charge in [0.15, 0.2) is 0 Å². The van der Waals surface area contributed by atoms with Gasteiger partial charge < -0.3 is 9.64 Å². The van der Waals surface area contributed by atoms with Crippen LogP contribution in [0.2, 0.25) is 0 Å². The number of ether oxygens (including phenoxy) is 1. The molecule has 1 amide bonds. The SMILES string of the molecule is CCOc1ccccc1NS(=O)(=O)c1cc(Br)cc2c1N(C(C)=O)[C@@H](C)C2. The fourth-order valence-electron chi connectivity index (χ4n) is 3.39. The lowest BCUT2D eigenvalue weighted by molar-refractivity contribution is -0.116. The molecule has 6 nitrogen and oxygen atoms in total. The average molecular weight is 453 g/mol. The monoisotopic (exact) mass is 452 g/mol. The highest BCUT2D eigenvalue weighted by Crippen LogP contribution is 2.41. The maximum Gasteiger partial charge on any atom is 0.264 e. The summed E-state index contributed by atoms with van der Waals surface area (Å²) in [5, 5.41) is 0. The lowest BCUT2D eigenvalue weighted by Crippen LogP contribution is -2.34. The van der Waals surface area contributed by atoms with E-state index < -0.39 is 10.0 Å². The maximum absolute atomic E-state index is 13.2. The molecule has 2 aromatic carbocycles. The highest BCUT2D eigenvalue weighted by molar-refractivity contribution is 9.10. The molecule has 8 heteroatoms. The molecular formula is C19H21BrN2O4S. The number of carbonyl (C=O) groups excluding carboxylic acids is 1. The smallest absolute Gasteiger partial charge is 0.264 e. The summed E-state index contributed by atoms with van der Waals surface area (Å²) in [5.74, 6) is 0.266. The van der Waals surface area contributed by atoms with E-state index in [4.69, 9.17) is 4.74 Å². The summed E-state index contributed by atoms with van der Waals surface area (Å²) in [6.45, 7) is 5.60. The number of nitrogens with one attached hydrogen (secondary N) is 1. The number of hydrogen-bond acceptors (Lipinski definition) is 4. The van der Waals surface area contributed by atoms with E-state index >= 15 is 0 Å². The van der Waals surface area contributed by atoms with E-state index in [9.17, 15) is 13.2 Å². The van der Waals surface area contributed by atoms with Crippen molar-refractivity contribution in [1.82, 2.24) is 0 Å². The minimum absolute atomic E-state index is 0.0673. The Kier molecular flexibility index (Phi) is 5.48. The molecule has 1 atom stereocenters. The van der Waals surface area contributed by atoms with Crippen molar-refractivity contribution in [3.05, 3.63) is 46.4 Å². The van der Waals surface area contributed by atoms with Crippen LogP contribution in [-0.2, 0) is 21.2 Å². The van der Waals surface area contributed by atoms with Crippen molar-refractivity contribution < 1.29 is 17.9 Å². The second-order valence-electron chi connectivity index (χ2n) is 6.39. The molecule has 1 aliphatic rings. The second-order valence-corrected chi connectivity index (χ2v) is 8.95. The van der Waals surface area contributed by atoms with Gasteiger partial charge in [-0.05, 0) is 50.1 Å². The van der Waals surface area contributed by atoms with Gasteiger partial charge in [-0.3, -0.25) is 9.52 Å². The first-order valence-corrected chi connectivity index (χ1v) is 10.9. The highest BCUT2D eigenvalue weighted by Gasteiger charge is 2.35. The zero-order valence-electron chi connectivity index (χ0n) is 15.3. The van der Waals surface area contributed by atoms with Gasteiger partial charge >= 0.3 is 0 Å². The number of benzene rings is 2. The molecular weight excluding hydrogens is 432 g/mol. The molecule has 0 saturated carbocycles. The van der Waals surface area contributed by atoms with Crippen LogP contribution in [0, 0.1) is 0 Å². The van der Waals surface area contributed by atoms with Crippen molar-refractivity contribution in [3.8, 4) is 5.75 Å². The number of para-hydroxylation sites is 2. The van der Waals surface area contributed by atoms with Crippen molar-refractivity contribution >= 4 is 43.2 Å². The Hall–Kier alpha value is -2.06. The quantitative estimate of drug-likeness (QED) is 0.744. The fraction of sp³-hybridized carbons (Fsp3) is 0.316. The molecule has 27 heavy (non-hydrogen) atoms. The van der Waals surface area contributed by atoms with E-state index in [2.05, 4.69) is 20.7 Å². The zero-order valence-corrected chi connectivity index (χ0v) is 17.7. The van der Waals surface area contributed by atoms with Gasteiger partial charge in [0.25, 0.3) is 10.0 Å². The zero-order chi connectivity index (χ0) is 19.8. The Bertz CT molecular complexity index is 991. The van der Waals surface area contributed by atoms with Crippen LogP contribution in [0.4, 0.5) is 11.4 Å². The van der Waals surface area contributed by atoms with Gasteiger partial charge in [-0.1, -0.05) is 28.1 Å². The van der Waals surface area contributed by atoms with Crippen LogP contribution < -0.4 is 14.4 Å². The summed E-state index contributed by atoms with van der Waals surface area (Å²) < 4.78 is 35.2. The van der Waals surface area contributed by atoms with Gasteiger partial charge in [0, 0.05) is 17.4 Å². The Morgan fingerprint density at radius 3 is 2.70 bits per heavy atom. The fourth-order valence-corrected chi connectivity index (χ4v) is 5.38. The third-order valence-electron chi connectivity index (χ3n) is 4.38. The van der Waals surface area contributed by atoms with Gasteiger partial charge in [0.05, 0.1) is 18.0 Å². The summed E-state index contributed by atoms with van der Waals surface area (Å²) >= 11 is 3.39. The molecule has 144 valence electrons.